The quantitative estimate of drug-likeness (QED) is 0.766. The van der Waals surface area contributed by atoms with E-state index in [1.165, 1.54) is 6.92 Å². The van der Waals surface area contributed by atoms with Crippen LogP contribution in [0.1, 0.15) is 18.9 Å². The number of nitrogens with one attached hydrogen (secondary N) is 1. The highest BCUT2D eigenvalue weighted by molar-refractivity contribution is 5.72. The standard InChI is InChI=1S/C12H16N4O/c1-10(17)14-6-3-7-16(2)12-5-4-11(8-13)9-15-12/h4-5,9H,3,6-7H2,1-2H3,(H,14,17). The molecule has 0 fully saturated rings. The maximum absolute atomic E-state index is 10.7. The first-order valence-corrected chi connectivity index (χ1v) is 5.45. The number of anilines is 1. The molecular formula is C12H16N4O. The highest BCUT2D eigenvalue weighted by Crippen LogP contribution is 2.08. The van der Waals surface area contributed by atoms with Crippen LogP contribution < -0.4 is 10.2 Å². The molecule has 0 saturated heterocycles. The zero-order chi connectivity index (χ0) is 12.7. The summed E-state index contributed by atoms with van der Waals surface area (Å²) >= 11 is 0. The van der Waals surface area contributed by atoms with Crippen molar-refractivity contribution in [1.82, 2.24) is 10.3 Å². The second kappa shape index (κ2) is 6.48. The fourth-order valence-corrected chi connectivity index (χ4v) is 1.37. The first-order chi connectivity index (χ1) is 8.13. The summed E-state index contributed by atoms with van der Waals surface area (Å²) in [4.78, 5) is 16.8. The highest BCUT2D eigenvalue weighted by atomic mass is 16.1. The van der Waals surface area contributed by atoms with Gasteiger partial charge in [-0.15, -0.1) is 0 Å². The SMILES string of the molecule is CC(=O)NCCCN(C)c1ccc(C#N)cn1. The molecule has 0 spiro atoms. The third-order valence-corrected chi connectivity index (χ3v) is 2.31. The van der Waals surface area contributed by atoms with Crippen LogP contribution in [0, 0.1) is 11.3 Å². The van der Waals surface area contributed by atoms with Gasteiger partial charge < -0.3 is 10.2 Å². The molecule has 0 saturated carbocycles. The summed E-state index contributed by atoms with van der Waals surface area (Å²) in [5.74, 6) is 0.816. The number of aromatic nitrogens is 1. The Morgan fingerprint density at radius 3 is 2.88 bits per heavy atom. The maximum Gasteiger partial charge on any atom is 0.216 e. The Labute approximate surface area is 101 Å². The van der Waals surface area contributed by atoms with Crippen LogP contribution in [0.3, 0.4) is 0 Å². The molecule has 90 valence electrons. The summed E-state index contributed by atoms with van der Waals surface area (Å²) in [6.07, 6.45) is 2.41. The minimum absolute atomic E-state index is 0.0100. The second-order valence-electron chi connectivity index (χ2n) is 3.77. The molecule has 1 rings (SSSR count). The number of carbonyl (C=O) groups excluding carboxylic acids is 1. The van der Waals surface area contributed by atoms with Gasteiger partial charge in [-0.05, 0) is 18.6 Å². The molecule has 0 atom stereocenters. The Morgan fingerprint density at radius 2 is 2.35 bits per heavy atom. The van der Waals surface area contributed by atoms with E-state index >= 15 is 0 Å². The van der Waals surface area contributed by atoms with E-state index in [0.29, 0.717) is 12.1 Å². The third-order valence-electron chi connectivity index (χ3n) is 2.31. The minimum atomic E-state index is -0.0100. The maximum atomic E-state index is 10.7. The van der Waals surface area contributed by atoms with Crippen LogP contribution in [-0.4, -0.2) is 31.0 Å². The van der Waals surface area contributed by atoms with Gasteiger partial charge >= 0.3 is 0 Å². The Balaban J connectivity index is 2.39. The average Bonchev–Trinajstić information content (AvgIpc) is 2.34. The molecule has 0 bridgehead atoms. The molecule has 1 aromatic heterocycles. The first kappa shape index (κ1) is 13.0. The fourth-order valence-electron chi connectivity index (χ4n) is 1.37. The van der Waals surface area contributed by atoms with Gasteiger partial charge in [-0.25, -0.2) is 4.98 Å². The van der Waals surface area contributed by atoms with Crippen molar-refractivity contribution in [2.24, 2.45) is 0 Å². The lowest BCUT2D eigenvalue weighted by Gasteiger charge is -2.17. The summed E-state index contributed by atoms with van der Waals surface area (Å²) < 4.78 is 0. The Kier molecular flexibility index (Phi) is 4.95. The van der Waals surface area contributed by atoms with Gasteiger partial charge in [0.05, 0.1) is 5.56 Å². The van der Waals surface area contributed by atoms with E-state index < -0.39 is 0 Å². The predicted molar refractivity (Wildman–Crippen MR) is 65.5 cm³/mol. The van der Waals surface area contributed by atoms with E-state index in [1.54, 1.807) is 12.3 Å². The van der Waals surface area contributed by atoms with Crippen molar-refractivity contribution < 1.29 is 4.79 Å². The molecular weight excluding hydrogens is 216 g/mol. The predicted octanol–water partition coefficient (Wildman–Crippen LogP) is 0.916. The molecule has 0 aromatic carbocycles. The van der Waals surface area contributed by atoms with Crippen LogP contribution in [0.25, 0.3) is 0 Å². The van der Waals surface area contributed by atoms with Gasteiger partial charge in [-0.2, -0.15) is 5.26 Å². The van der Waals surface area contributed by atoms with Crippen molar-refractivity contribution in [2.75, 3.05) is 25.0 Å². The van der Waals surface area contributed by atoms with Gasteiger partial charge in [0.25, 0.3) is 0 Å². The lowest BCUT2D eigenvalue weighted by molar-refractivity contribution is -0.118. The fraction of sp³-hybridized carbons (Fsp3) is 0.417. The zero-order valence-electron chi connectivity index (χ0n) is 10.1. The van der Waals surface area contributed by atoms with Crippen molar-refractivity contribution in [3.63, 3.8) is 0 Å². The lowest BCUT2D eigenvalue weighted by Crippen LogP contribution is -2.26. The number of carbonyl (C=O) groups is 1. The normalized spacial score (nSPS) is 9.47. The summed E-state index contributed by atoms with van der Waals surface area (Å²) in [5.41, 5.74) is 0.556. The third kappa shape index (κ3) is 4.51. The monoisotopic (exact) mass is 232 g/mol. The van der Waals surface area contributed by atoms with Crippen LogP contribution >= 0.6 is 0 Å². The second-order valence-corrected chi connectivity index (χ2v) is 3.77. The van der Waals surface area contributed by atoms with E-state index in [-0.39, 0.29) is 5.91 Å². The van der Waals surface area contributed by atoms with Crippen LogP contribution in [-0.2, 0) is 4.79 Å². The van der Waals surface area contributed by atoms with E-state index in [4.69, 9.17) is 5.26 Å². The molecule has 0 aliphatic rings. The van der Waals surface area contributed by atoms with Gasteiger partial charge in [-0.1, -0.05) is 0 Å². The van der Waals surface area contributed by atoms with Gasteiger partial charge in [0.1, 0.15) is 11.9 Å². The average molecular weight is 232 g/mol. The van der Waals surface area contributed by atoms with Crippen molar-refractivity contribution in [2.45, 2.75) is 13.3 Å². The molecule has 1 N–H and O–H groups in total. The molecule has 1 aromatic rings. The van der Waals surface area contributed by atoms with Gasteiger partial charge in [-0.3, -0.25) is 4.79 Å². The van der Waals surface area contributed by atoms with E-state index in [0.717, 1.165) is 18.8 Å². The number of hydrogen-bond acceptors (Lipinski definition) is 4. The summed E-state index contributed by atoms with van der Waals surface area (Å²) in [6.45, 7) is 2.97. The van der Waals surface area contributed by atoms with E-state index in [2.05, 4.69) is 10.3 Å². The number of rotatable bonds is 5. The Morgan fingerprint density at radius 1 is 1.59 bits per heavy atom. The molecule has 0 aliphatic carbocycles. The number of amides is 1. The Bertz CT molecular complexity index is 408. The molecule has 0 unspecified atom stereocenters. The summed E-state index contributed by atoms with van der Waals surface area (Å²) in [7, 11) is 1.93. The van der Waals surface area contributed by atoms with E-state index in [9.17, 15) is 4.79 Å². The lowest BCUT2D eigenvalue weighted by atomic mass is 10.3. The molecule has 17 heavy (non-hydrogen) atoms. The van der Waals surface area contributed by atoms with Crippen molar-refractivity contribution >= 4 is 11.7 Å². The molecule has 0 aliphatic heterocycles. The summed E-state index contributed by atoms with van der Waals surface area (Å²) in [6, 6.07) is 5.59. The molecule has 0 radical (unpaired) electrons. The van der Waals surface area contributed by atoms with E-state index in [1.807, 2.05) is 24.1 Å². The highest BCUT2D eigenvalue weighted by Gasteiger charge is 2.02. The minimum Gasteiger partial charge on any atom is -0.360 e. The van der Waals surface area contributed by atoms with Crippen LogP contribution in [0.5, 0.6) is 0 Å². The smallest absolute Gasteiger partial charge is 0.216 e. The van der Waals surface area contributed by atoms with Crippen LogP contribution in [0.2, 0.25) is 0 Å². The molecule has 5 nitrogen and oxygen atoms in total. The van der Waals surface area contributed by atoms with Gasteiger partial charge in [0.15, 0.2) is 0 Å². The zero-order valence-corrected chi connectivity index (χ0v) is 10.1. The van der Waals surface area contributed by atoms with Gasteiger partial charge in [0, 0.05) is 33.3 Å². The summed E-state index contributed by atoms with van der Waals surface area (Å²) in [5, 5.41) is 11.4. The molecule has 1 amide bonds. The van der Waals surface area contributed by atoms with Crippen LogP contribution in [0.4, 0.5) is 5.82 Å². The number of nitriles is 1. The number of hydrogen-bond donors (Lipinski definition) is 1. The molecule has 5 heteroatoms. The number of pyridine rings is 1. The van der Waals surface area contributed by atoms with Crippen molar-refractivity contribution in [3.8, 4) is 6.07 Å². The topological polar surface area (TPSA) is 69.0 Å². The van der Waals surface area contributed by atoms with Crippen LogP contribution in [0.15, 0.2) is 18.3 Å². The van der Waals surface area contributed by atoms with Crippen molar-refractivity contribution in [1.29, 1.82) is 5.26 Å². The number of nitrogens with zero attached hydrogens (tertiary/aromatic N) is 3. The van der Waals surface area contributed by atoms with Gasteiger partial charge in [0.2, 0.25) is 5.91 Å². The molecule has 1 heterocycles. The first-order valence-electron chi connectivity index (χ1n) is 5.45. The largest absolute Gasteiger partial charge is 0.360 e. The van der Waals surface area contributed by atoms with Crippen molar-refractivity contribution in [3.05, 3.63) is 23.9 Å². The Hall–Kier alpha value is -2.09.